The predicted molar refractivity (Wildman–Crippen MR) is 115 cm³/mol. The largest absolute Gasteiger partial charge is 0.353 e. The zero-order valence-electron chi connectivity index (χ0n) is 17.3. The Hall–Kier alpha value is -0.810. The first-order valence-corrected chi connectivity index (χ1v) is 11.5. The molecule has 0 bridgehead atoms. The van der Waals surface area contributed by atoms with E-state index in [-0.39, 0.29) is 42.2 Å². The summed E-state index contributed by atoms with van der Waals surface area (Å²) >= 11 is 0. The Morgan fingerprint density at radius 1 is 0.857 bits per heavy atom. The van der Waals surface area contributed by atoms with Crippen molar-refractivity contribution in [2.24, 2.45) is 23.5 Å². The van der Waals surface area contributed by atoms with Gasteiger partial charge >= 0.3 is 0 Å². The monoisotopic (exact) mass is 413 g/mol. The van der Waals surface area contributed by atoms with Gasteiger partial charge in [-0.25, -0.2) is 0 Å². The lowest BCUT2D eigenvalue weighted by Gasteiger charge is -2.33. The van der Waals surface area contributed by atoms with Gasteiger partial charge in [0.05, 0.1) is 0 Å². The van der Waals surface area contributed by atoms with Crippen molar-refractivity contribution in [3.05, 3.63) is 0 Å². The summed E-state index contributed by atoms with van der Waals surface area (Å²) in [5, 5.41) is 6.48. The average Bonchev–Trinajstić information content (AvgIpc) is 3.20. The van der Waals surface area contributed by atoms with Crippen LogP contribution in [-0.4, -0.2) is 30.4 Å². The normalized spacial score (nSPS) is 27.6. The summed E-state index contributed by atoms with van der Waals surface area (Å²) in [5.41, 5.74) is 5.96. The molecule has 3 aliphatic rings. The Morgan fingerprint density at radius 2 is 1.46 bits per heavy atom. The molecule has 0 saturated heterocycles. The molecule has 3 rings (SSSR count). The summed E-state index contributed by atoms with van der Waals surface area (Å²) in [4.78, 5) is 25.0. The van der Waals surface area contributed by atoms with Gasteiger partial charge in [0.25, 0.3) is 0 Å². The molecule has 0 radical (unpaired) electrons. The van der Waals surface area contributed by atoms with E-state index in [9.17, 15) is 9.59 Å². The fraction of sp³-hybridized carbons (Fsp3) is 0.909. The maximum absolute atomic E-state index is 12.7. The van der Waals surface area contributed by atoms with Gasteiger partial charge in [-0.2, -0.15) is 0 Å². The van der Waals surface area contributed by atoms with Crippen LogP contribution in [0.25, 0.3) is 0 Å². The van der Waals surface area contributed by atoms with Crippen LogP contribution in [0.2, 0.25) is 0 Å². The van der Waals surface area contributed by atoms with Crippen LogP contribution in [0.15, 0.2) is 0 Å². The number of nitrogens with two attached hydrogens (primary N) is 1. The van der Waals surface area contributed by atoms with Gasteiger partial charge in [0.1, 0.15) is 0 Å². The fourth-order valence-corrected chi connectivity index (χ4v) is 5.47. The lowest BCUT2D eigenvalue weighted by atomic mass is 9.82. The molecule has 28 heavy (non-hydrogen) atoms. The number of halogens is 1. The SMILES string of the molecule is Cl.NCC(NC(=O)C1CCC(NC(=O)CC2CCCC2)CC1)C1CCCCC1. The zero-order valence-corrected chi connectivity index (χ0v) is 18.1. The molecular formula is C22H40ClN3O2. The number of amides is 2. The third-order valence-electron chi connectivity index (χ3n) is 7.21. The van der Waals surface area contributed by atoms with Gasteiger partial charge in [-0.1, -0.05) is 32.1 Å². The van der Waals surface area contributed by atoms with Crippen molar-refractivity contribution < 1.29 is 9.59 Å². The van der Waals surface area contributed by atoms with E-state index < -0.39 is 0 Å². The second-order valence-electron chi connectivity index (χ2n) is 9.22. The minimum atomic E-state index is 0. The number of hydrogen-bond donors (Lipinski definition) is 3. The fourth-order valence-electron chi connectivity index (χ4n) is 5.47. The van der Waals surface area contributed by atoms with Crippen molar-refractivity contribution in [2.45, 2.75) is 102 Å². The Morgan fingerprint density at radius 3 is 2.07 bits per heavy atom. The van der Waals surface area contributed by atoms with Crippen molar-refractivity contribution >= 4 is 24.2 Å². The molecule has 0 aromatic carbocycles. The molecule has 0 aromatic heterocycles. The van der Waals surface area contributed by atoms with Crippen molar-refractivity contribution in [3.8, 4) is 0 Å². The molecule has 0 heterocycles. The molecule has 6 heteroatoms. The lowest BCUT2D eigenvalue weighted by molar-refractivity contribution is -0.127. The maximum Gasteiger partial charge on any atom is 0.223 e. The molecule has 0 aromatic rings. The zero-order chi connectivity index (χ0) is 19.1. The van der Waals surface area contributed by atoms with Crippen LogP contribution in [0.1, 0.15) is 89.9 Å². The highest BCUT2D eigenvalue weighted by molar-refractivity contribution is 5.85. The highest BCUT2D eigenvalue weighted by atomic mass is 35.5. The summed E-state index contributed by atoms with van der Waals surface area (Å²) in [6, 6.07) is 0.397. The van der Waals surface area contributed by atoms with Gasteiger partial charge in [0, 0.05) is 31.0 Å². The number of hydrogen-bond acceptors (Lipinski definition) is 3. The molecule has 4 N–H and O–H groups in total. The Balaban J connectivity index is 0.00000280. The summed E-state index contributed by atoms with van der Waals surface area (Å²) < 4.78 is 0. The van der Waals surface area contributed by atoms with Crippen LogP contribution in [-0.2, 0) is 9.59 Å². The Kier molecular flexibility index (Phi) is 10.1. The van der Waals surface area contributed by atoms with Crippen LogP contribution in [0.5, 0.6) is 0 Å². The first-order chi connectivity index (χ1) is 13.2. The van der Waals surface area contributed by atoms with Gasteiger partial charge in [-0.05, 0) is 63.2 Å². The minimum absolute atomic E-state index is 0. The second kappa shape index (κ2) is 12.0. The van der Waals surface area contributed by atoms with Gasteiger partial charge in [-0.15, -0.1) is 12.4 Å². The quantitative estimate of drug-likeness (QED) is 0.595. The van der Waals surface area contributed by atoms with E-state index in [0.717, 1.165) is 25.7 Å². The van der Waals surface area contributed by atoms with E-state index in [2.05, 4.69) is 10.6 Å². The Bertz CT molecular complexity index is 482. The molecule has 162 valence electrons. The van der Waals surface area contributed by atoms with E-state index in [1.165, 1.54) is 57.8 Å². The number of rotatable bonds is 7. The maximum atomic E-state index is 12.7. The van der Waals surface area contributed by atoms with Crippen LogP contribution >= 0.6 is 12.4 Å². The molecule has 1 unspecified atom stereocenters. The molecule has 2 amide bonds. The summed E-state index contributed by atoms with van der Waals surface area (Å²) in [6.45, 7) is 0.545. The molecule has 3 aliphatic carbocycles. The van der Waals surface area contributed by atoms with E-state index in [1.54, 1.807) is 0 Å². The average molecular weight is 414 g/mol. The third kappa shape index (κ3) is 6.91. The van der Waals surface area contributed by atoms with Gasteiger partial charge < -0.3 is 16.4 Å². The van der Waals surface area contributed by atoms with Crippen LogP contribution in [0.3, 0.4) is 0 Å². The molecule has 5 nitrogen and oxygen atoms in total. The molecular weight excluding hydrogens is 374 g/mol. The highest BCUT2D eigenvalue weighted by Crippen LogP contribution is 2.29. The number of carbonyl (C=O) groups excluding carboxylic acids is 2. The predicted octanol–water partition coefficient (Wildman–Crippen LogP) is 3.69. The van der Waals surface area contributed by atoms with Crippen LogP contribution in [0, 0.1) is 17.8 Å². The molecule has 1 atom stereocenters. The third-order valence-corrected chi connectivity index (χ3v) is 7.21. The van der Waals surface area contributed by atoms with E-state index in [1.807, 2.05) is 0 Å². The second-order valence-corrected chi connectivity index (χ2v) is 9.22. The number of nitrogens with one attached hydrogen (secondary N) is 2. The van der Waals surface area contributed by atoms with E-state index in [0.29, 0.717) is 24.8 Å². The highest BCUT2D eigenvalue weighted by Gasteiger charge is 2.30. The minimum Gasteiger partial charge on any atom is -0.353 e. The molecule has 0 spiro atoms. The first-order valence-electron chi connectivity index (χ1n) is 11.5. The summed E-state index contributed by atoms with van der Waals surface area (Å²) in [7, 11) is 0. The van der Waals surface area contributed by atoms with Crippen molar-refractivity contribution in [1.82, 2.24) is 10.6 Å². The van der Waals surface area contributed by atoms with Crippen LogP contribution < -0.4 is 16.4 Å². The molecule has 0 aliphatic heterocycles. The van der Waals surface area contributed by atoms with Crippen molar-refractivity contribution in [2.75, 3.05) is 6.54 Å². The van der Waals surface area contributed by atoms with Gasteiger partial charge in [0.15, 0.2) is 0 Å². The Labute approximate surface area is 176 Å². The molecule has 3 saturated carbocycles. The van der Waals surface area contributed by atoms with E-state index in [4.69, 9.17) is 5.73 Å². The van der Waals surface area contributed by atoms with Crippen molar-refractivity contribution in [1.29, 1.82) is 0 Å². The first kappa shape index (κ1) is 23.5. The molecule has 3 fully saturated rings. The lowest BCUT2D eigenvalue weighted by Crippen LogP contribution is -2.49. The standard InChI is InChI=1S/C22H39N3O2.ClH/c23-15-20(17-8-2-1-3-9-17)25-22(27)18-10-12-19(13-11-18)24-21(26)14-16-6-4-5-7-16;/h16-20H,1-15,23H2,(H,24,26)(H,25,27);1H. The summed E-state index contributed by atoms with van der Waals surface area (Å²) in [5.74, 6) is 1.65. The van der Waals surface area contributed by atoms with Gasteiger partial charge in [-0.3, -0.25) is 9.59 Å². The van der Waals surface area contributed by atoms with Crippen molar-refractivity contribution in [3.63, 3.8) is 0 Å². The van der Waals surface area contributed by atoms with Gasteiger partial charge in [0.2, 0.25) is 11.8 Å². The van der Waals surface area contributed by atoms with E-state index >= 15 is 0 Å². The smallest absolute Gasteiger partial charge is 0.223 e. The van der Waals surface area contributed by atoms with Crippen LogP contribution in [0.4, 0.5) is 0 Å². The topological polar surface area (TPSA) is 84.2 Å². The summed E-state index contributed by atoms with van der Waals surface area (Å²) in [6.07, 6.45) is 15.5. The number of carbonyl (C=O) groups is 2.